The molecule has 0 spiro atoms. The molecule has 1 heterocycles. The van der Waals surface area contributed by atoms with Gasteiger partial charge in [0.15, 0.2) is 6.61 Å². The van der Waals surface area contributed by atoms with E-state index in [1.165, 1.54) is 5.56 Å². The summed E-state index contributed by atoms with van der Waals surface area (Å²) in [7, 11) is 0. The van der Waals surface area contributed by atoms with E-state index in [-0.39, 0.29) is 11.5 Å². The number of hydrogen-bond donors (Lipinski definition) is 0. The molecule has 0 radical (unpaired) electrons. The predicted molar refractivity (Wildman–Crippen MR) is 73.5 cm³/mol. The summed E-state index contributed by atoms with van der Waals surface area (Å²) in [6, 6.07) is 8.47. The highest BCUT2D eigenvalue weighted by atomic mass is 16.5. The van der Waals surface area contributed by atoms with Gasteiger partial charge in [0, 0.05) is 0 Å². The van der Waals surface area contributed by atoms with Crippen LogP contribution in [0.25, 0.3) is 0 Å². The van der Waals surface area contributed by atoms with Gasteiger partial charge in [0.05, 0.1) is 6.04 Å². The maximum atomic E-state index is 5.65. The van der Waals surface area contributed by atoms with Gasteiger partial charge in [-0.1, -0.05) is 32.9 Å². The van der Waals surface area contributed by atoms with Gasteiger partial charge < -0.3 is 9.47 Å². The zero-order valence-corrected chi connectivity index (χ0v) is 11.6. The normalized spacial score (nSPS) is 19.3. The summed E-state index contributed by atoms with van der Waals surface area (Å²) >= 11 is 0. The molecule has 0 saturated carbocycles. The molecule has 0 bridgehead atoms. The molecule has 1 aromatic carbocycles. The number of aliphatic imine (C=N–C) groups is 1. The second-order valence-corrected chi connectivity index (χ2v) is 5.75. The van der Waals surface area contributed by atoms with Gasteiger partial charge in [0.1, 0.15) is 12.4 Å². The second kappa shape index (κ2) is 5.01. The van der Waals surface area contributed by atoms with E-state index in [1.807, 2.05) is 19.1 Å². The molecule has 0 fully saturated rings. The smallest absolute Gasteiger partial charge is 0.222 e. The fourth-order valence-electron chi connectivity index (χ4n) is 1.81. The predicted octanol–water partition coefficient (Wildman–Crippen LogP) is 3.18. The summed E-state index contributed by atoms with van der Waals surface area (Å²) in [5.74, 6) is 1.55. The number of ether oxygens (including phenoxy) is 2. The van der Waals surface area contributed by atoms with Crippen LogP contribution in [-0.2, 0) is 10.2 Å². The van der Waals surface area contributed by atoms with Gasteiger partial charge in [-0.05, 0) is 30.0 Å². The zero-order chi connectivity index (χ0) is 13.2. The molecular weight excluding hydrogens is 226 g/mol. The topological polar surface area (TPSA) is 30.8 Å². The highest BCUT2D eigenvalue weighted by molar-refractivity contribution is 5.79. The van der Waals surface area contributed by atoms with Gasteiger partial charge in [-0.15, -0.1) is 0 Å². The van der Waals surface area contributed by atoms with Gasteiger partial charge in [0.25, 0.3) is 0 Å². The first-order valence-corrected chi connectivity index (χ1v) is 6.38. The van der Waals surface area contributed by atoms with Crippen molar-refractivity contribution in [3.8, 4) is 5.75 Å². The third-order valence-corrected chi connectivity index (χ3v) is 2.94. The molecule has 0 aliphatic carbocycles. The van der Waals surface area contributed by atoms with Gasteiger partial charge in [0.2, 0.25) is 5.90 Å². The lowest BCUT2D eigenvalue weighted by Gasteiger charge is -2.19. The van der Waals surface area contributed by atoms with E-state index >= 15 is 0 Å². The lowest BCUT2D eigenvalue weighted by Crippen LogP contribution is -2.12. The minimum Gasteiger partial charge on any atom is -0.484 e. The van der Waals surface area contributed by atoms with E-state index in [9.17, 15) is 0 Å². The summed E-state index contributed by atoms with van der Waals surface area (Å²) < 4.78 is 11.0. The molecule has 18 heavy (non-hydrogen) atoms. The third-order valence-electron chi connectivity index (χ3n) is 2.94. The monoisotopic (exact) mass is 247 g/mol. The van der Waals surface area contributed by atoms with E-state index in [0.29, 0.717) is 19.1 Å². The Labute approximate surface area is 109 Å². The number of hydrogen-bond acceptors (Lipinski definition) is 3. The first kappa shape index (κ1) is 12.9. The Morgan fingerprint density at radius 1 is 1.28 bits per heavy atom. The van der Waals surface area contributed by atoms with Crippen molar-refractivity contribution in [3.05, 3.63) is 29.8 Å². The average Bonchev–Trinajstić information content (AvgIpc) is 2.72. The fraction of sp³-hybridized carbons (Fsp3) is 0.533. The first-order valence-electron chi connectivity index (χ1n) is 6.38. The molecule has 0 N–H and O–H groups in total. The van der Waals surface area contributed by atoms with Crippen LogP contribution >= 0.6 is 0 Å². The van der Waals surface area contributed by atoms with Gasteiger partial charge in [-0.3, -0.25) is 0 Å². The van der Waals surface area contributed by atoms with Crippen LogP contribution in [0.5, 0.6) is 5.75 Å². The van der Waals surface area contributed by atoms with Crippen LogP contribution in [-0.4, -0.2) is 25.2 Å². The Morgan fingerprint density at radius 3 is 2.44 bits per heavy atom. The standard InChI is InChI=1S/C15H21NO2/c1-11-9-18-14(16-11)10-17-13-7-5-12(6-8-13)15(2,3)4/h5-8,11H,9-10H2,1-4H3/t11-/m0/s1. The summed E-state index contributed by atoms with van der Waals surface area (Å²) in [6.45, 7) is 9.72. The summed E-state index contributed by atoms with van der Waals surface area (Å²) in [6.07, 6.45) is 0. The lowest BCUT2D eigenvalue weighted by atomic mass is 9.87. The molecule has 1 aliphatic rings. The van der Waals surface area contributed by atoms with Crippen LogP contribution < -0.4 is 4.74 Å². The minimum atomic E-state index is 0.173. The zero-order valence-electron chi connectivity index (χ0n) is 11.6. The summed E-state index contributed by atoms with van der Waals surface area (Å²) in [5, 5.41) is 0. The molecule has 0 amide bonds. The maximum Gasteiger partial charge on any atom is 0.222 e. The Hall–Kier alpha value is -1.51. The fourth-order valence-corrected chi connectivity index (χ4v) is 1.81. The molecule has 1 atom stereocenters. The van der Waals surface area contributed by atoms with Gasteiger partial charge in [-0.25, -0.2) is 4.99 Å². The minimum absolute atomic E-state index is 0.173. The van der Waals surface area contributed by atoms with Crippen molar-refractivity contribution in [3.63, 3.8) is 0 Å². The van der Waals surface area contributed by atoms with Crippen LogP contribution in [0.15, 0.2) is 29.3 Å². The average molecular weight is 247 g/mol. The Bertz CT molecular complexity index is 429. The van der Waals surface area contributed by atoms with Crippen LogP contribution in [0.1, 0.15) is 33.3 Å². The van der Waals surface area contributed by atoms with E-state index in [0.717, 1.165) is 5.75 Å². The van der Waals surface area contributed by atoms with E-state index in [4.69, 9.17) is 9.47 Å². The molecule has 0 saturated heterocycles. The van der Waals surface area contributed by atoms with Crippen molar-refractivity contribution in [2.45, 2.75) is 39.2 Å². The second-order valence-electron chi connectivity index (χ2n) is 5.75. The molecule has 3 nitrogen and oxygen atoms in total. The largest absolute Gasteiger partial charge is 0.484 e. The SMILES string of the molecule is C[C@H]1COC(COc2ccc(C(C)(C)C)cc2)=N1. The Morgan fingerprint density at radius 2 is 1.94 bits per heavy atom. The van der Waals surface area contributed by atoms with Gasteiger partial charge >= 0.3 is 0 Å². The Balaban J connectivity index is 1.93. The molecule has 3 heteroatoms. The third kappa shape index (κ3) is 3.25. The molecule has 98 valence electrons. The molecule has 1 aromatic rings. The summed E-state index contributed by atoms with van der Waals surface area (Å²) in [4.78, 5) is 4.33. The maximum absolute atomic E-state index is 5.65. The Kier molecular flexibility index (Phi) is 3.60. The number of benzene rings is 1. The molecular formula is C15H21NO2. The van der Waals surface area contributed by atoms with Crippen LogP contribution in [0.4, 0.5) is 0 Å². The van der Waals surface area contributed by atoms with Crippen LogP contribution in [0, 0.1) is 0 Å². The van der Waals surface area contributed by atoms with Gasteiger partial charge in [-0.2, -0.15) is 0 Å². The number of nitrogens with zero attached hydrogens (tertiary/aromatic N) is 1. The molecule has 0 unspecified atom stereocenters. The van der Waals surface area contributed by atoms with Crippen molar-refractivity contribution in [2.24, 2.45) is 4.99 Å². The quantitative estimate of drug-likeness (QED) is 0.821. The van der Waals surface area contributed by atoms with E-state index < -0.39 is 0 Å². The lowest BCUT2D eigenvalue weighted by molar-refractivity contribution is 0.281. The van der Waals surface area contributed by atoms with Crippen LogP contribution in [0.2, 0.25) is 0 Å². The van der Waals surface area contributed by atoms with Crippen molar-refractivity contribution in [1.29, 1.82) is 0 Å². The molecule has 1 aliphatic heterocycles. The summed E-state index contributed by atoms with van der Waals surface area (Å²) in [5.41, 5.74) is 1.48. The number of rotatable bonds is 3. The van der Waals surface area contributed by atoms with Crippen molar-refractivity contribution < 1.29 is 9.47 Å². The van der Waals surface area contributed by atoms with Crippen molar-refractivity contribution >= 4 is 5.90 Å². The highest BCUT2D eigenvalue weighted by Gasteiger charge is 2.15. The van der Waals surface area contributed by atoms with Crippen molar-refractivity contribution in [1.82, 2.24) is 0 Å². The first-order chi connectivity index (χ1) is 8.45. The van der Waals surface area contributed by atoms with Crippen LogP contribution in [0.3, 0.4) is 0 Å². The van der Waals surface area contributed by atoms with E-state index in [1.54, 1.807) is 0 Å². The van der Waals surface area contributed by atoms with Crippen molar-refractivity contribution in [2.75, 3.05) is 13.2 Å². The molecule has 2 rings (SSSR count). The molecule has 0 aromatic heterocycles. The highest BCUT2D eigenvalue weighted by Crippen LogP contribution is 2.24. The van der Waals surface area contributed by atoms with E-state index in [2.05, 4.69) is 37.9 Å².